The van der Waals surface area contributed by atoms with E-state index in [9.17, 15) is 4.79 Å². The Morgan fingerprint density at radius 1 is 1.09 bits per heavy atom. The summed E-state index contributed by atoms with van der Waals surface area (Å²) in [6.07, 6.45) is 1.53. The Balaban J connectivity index is 2.06. The van der Waals surface area contributed by atoms with Crippen LogP contribution in [0.2, 0.25) is 0 Å². The molecule has 0 aliphatic heterocycles. The molecule has 2 aromatic carbocycles. The first kappa shape index (κ1) is 15.6. The number of rotatable bonds is 5. The van der Waals surface area contributed by atoms with Crippen LogP contribution in [0.3, 0.4) is 0 Å². The van der Waals surface area contributed by atoms with Crippen molar-refractivity contribution in [3.8, 4) is 11.5 Å². The molecule has 0 spiro atoms. The van der Waals surface area contributed by atoms with Gasteiger partial charge in [0.15, 0.2) is 0 Å². The van der Waals surface area contributed by atoms with E-state index in [2.05, 4.69) is 10.5 Å². The van der Waals surface area contributed by atoms with Gasteiger partial charge in [-0.15, -0.1) is 0 Å². The van der Waals surface area contributed by atoms with Crippen LogP contribution in [0.4, 0.5) is 0 Å². The first-order valence-electron chi connectivity index (χ1n) is 6.76. The number of hydrogen-bond donors (Lipinski definition) is 1. The van der Waals surface area contributed by atoms with Gasteiger partial charge in [0.2, 0.25) is 0 Å². The lowest BCUT2D eigenvalue weighted by Crippen LogP contribution is -2.17. The maximum Gasteiger partial charge on any atom is 0.271 e. The molecule has 0 atom stereocenters. The average molecular weight is 298 g/mol. The van der Waals surface area contributed by atoms with E-state index < -0.39 is 0 Å². The highest BCUT2D eigenvalue weighted by molar-refractivity contribution is 5.95. The summed E-state index contributed by atoms with van der Waals surface area (Å²) >= 11 is 0. The number of methoxy groups -OCH3 is 2. The van der Waals surface area contributed by atoms with Crippen LogP contribution in [-0.4, -0.2) is 26.3 Å². The third-order valence-electron chi connectivity index (χ3n) is 3.12. The van der Waals surface area contributed by atoms with Gasteiger partial charge in [-0.1, -0.05) is 17.7 Å². The summed E-state index contributed by atoms with van der Waals surface area (Å²) in [5.74, 6) is 1.05. The fourth-order valence-corrected chi connectivity index (χ4v) is 1.86. The Morgan fingerprint density at radius 3 is 2.45 bits per heavy atom. The number of benzene rings is 2. The number of amides is 1. The fourth-order valence-electron chi connectivity index (χ4n) is 1.86. The van der Waals surface area contributed by atoms with Gasteiger partial charge in [-0.2, -0.15) is 5.10 Å². The molecule has 1 N–H and O–H groups in total. The van der Waals surface area contributed by atoms with Gasteiger partial charge in [0.05, 0.1) is 20.4 Å². The maximum absolute atomic E-state index is 11.9. The van der Waals surface area contributed by atoms with Gasteiger partial charge in [-0.05, 0) is 31.2 Å². The van der Waals surface area contributed by atoms with Crippen molar-refractivity contribution in [2.75, 3.05) is 14.2 Å². The highest BCUT2D eigenvalue weighted by atomic mass is 16.5. The molecule has 0 bridgehead atoms. The third-order valence-corrected chi connectivity index (χ3v) is 3.12. The topological polar surface area (TPSA) is 59.9 Å². The minimum Gasteiger partial charge on any atom is -0.497 e. The van der Waals surface area contributed by atoms with Crippen molar-refractivity contribution in [3.63, 3.8) is 0 Å². The lowest BCUT2D eigenvalue weighted by atomic mass is 10.1. The summed E-state index contributed by atoms with van der Waals surface area (Å²) in [6, 6.07) is 12.6. The number of carbonyl (C=O) groups is 1. The maximum atomic E-state index is 11.9. The second kappa shape index (κ2) is 7.26. The Hall–Kier alpha value is -2.82. The van der Waals surface area contributed by atoms with Crippen LogP contribution >= 0.6 is 0 Å². The fraction of sp³-hybridized carbons (Fsp3) is 0.176. The van der Waals surface area contributed by atoms with Crippen molar-refractivity contribution < 1.29 is 14.3 Å². The quantitative estimate of drug-likeness (QED) is 0.682. The van der Waals surface area contributed by atoms with Gasteiger partial charge >= 0.3 is 0 Å². The van der Waals surface area contributed by atoms with Crippen LogP contribution < -0.4 is 14.9 Å². The van der Waals surface area contributed by atoms with Crippen LogP contribution in [0, 0.1) is 6.92 Å². The van der Waals surface area contributed by atoms with E-state index in [1.165, 1.54) is 6.21 Å². The number of nitrogens with one attached hydrogen (secondary N) is 1. The van der Waals surface area contributed by atoms with Crippen molar-refractivity contribution in [1.29, 1.82) is 0 Å². The molecule has 0 aliphatic carbocycles. The zero-order valence-electron chi connectivity index (χ0n) is 12.8. The predicted molar refractivity (Wildman–Crippen MR) is 85.8 cm³/mol. The molecule has 1 amide bonds. The van der Waals surface area contributed by atoms with E-state index in [1.807, 2.05) is 19.1 Å². The third kappa shape index (κ3) is 3.85. The van der Waals surface area contributed by atoms with Crippen LogP contribution in [0.15, 0.2) is 47.6 Å². The first-order chi connectivity index (χ1) is 10.6. The number of nitrogens with zero attached hydrogens (tertiary/aromatic N) is 1. The lowest BCUT2D eigenvalue weighted by molar-refractivity contribution is 0.0955. The highest BCUT2D eigenvalue weighted by Gasteiger charge is 2.05. The van der Waals surface area contributed by atoms with Crippen LogP contribution in [0.5, 0.6) is 11.5 Å². The molecular weight excluding hydrogens is 280 g/mol. The van der Waals surface area contributed by atoms with E-state index in [-0.39, 0.29) is 5.91 Å². The Labute approximate surface area is 129 Å². The monoisotopic (exact) mass is 298 g/mol. The van der Waals surface area contributed by atoms with Crippen LogP contribution in [0.25, 0.3) is 0 Å². The number of ether oxygens (including phenoxy) is 2. The number of hydrazone groups is 1. The van der Waals surface area contributed by atoms with Gasteiger partial charge < -0.3 is 9.47 Å². The summed E-state index contributed by atoms with van der Waals surface area (Å²) in [5, 5.41) is 3.96. The summed E-state index contributed by atoms with van der Waals surface area (Å²) in [5.41, 5.74) is 4.89. The summed E-state index contributed by atoms with van der Waals surface area (Å²) in [4.78, 5) is 11.9. The van der Waals surface area contributed by atoms with Gasteiger partial charge in [0.1, 0.15) is 11.5 Å². The minimum atomic E-state index is -0.260. The van der Waals surface area contributed by atoms with E-state index in [0.29, 0.717) is 17.1 Å². The second-order valence-corrected chi connectivity index (χ2v) is 4.67. The molecule has 2 rings (SSSR count). The minimum absolute atomic E-state index is 0.260. The van der Waals surface area contributed by atoms with Crippen LogP contribution in [-0.2, 0) is 0 Å². The Morgan fingerprint density at radius 2 is 1.82 bits per heavy atom. The first-order valence-corrected chi connectivity index (χ1v) is 6.76. The average Bonchev–Trinajstić information content (AvgIpc) is 2.55. The van der Waals surface area contributed by atoms with Crippen LogP contribution in [0.1, 0.15) is 21.5 Å². The molecule has 2 aromatic rings. The lowest BCUT2D eigenvalue weighted by Gasteiger charge is -2.07. The van der Waals surface area contributed by atoms with Gasteiger partial charge in [-0.3, -0.25) is 4.79 Å². The van der Waals surface area contributed by atoms with Crippen molar-refractivity contribution >= 4 is 12.1 Å². The molecule has 22 heavy (non-hydrogen) atoms. The van der Waals surface area contributed by atoms with Crippen molar-refractivity contribution in [1.82, 2.24) is 5.43 Å². The Kier molecular flexibility index (Phi) is 5.14. The SMILES string of the molecule is COc1ccc(C=NNC(=O)c2ccc(C)cc2)c(OC)c1. The van der Waals surface area contributed by atoms with Gasteiger partial charge in [0.25, 0.3) is 5.91 Å². The van der Waals surface area contributed by atoms with Crippen molar-refractivity contribution in [2.24, 2.45) is 5.10 Å². The summed E-state index contributed by atoms with van der Waals surface area (Å²) in [6.45, 7) is 1.97. The van der Waals surface area contributed by atoms with E-state index >= 15 is 0 Å². The largest absolute Gasteiger partial charge is 0.497 e. The van der Waals surface area contributed by atoms with Crippen molar-refractivity contribution in [2.45, 2.75) is 6.92 Å². The van der Waals surface area contributed by atoms with Gasteiger partial charge in [0, 0.05) is 17.2 Å². The molecule has 0 fully saturated rings. The number of aryl methyl sites for hydroxylation is 1. The van der Waals surface area contributed by atoms with E-state index in [1.54, 1.807) is 44.6 Å². The summed E-state index contributed by atoms with van der Waals surface area (Å²) < 4.78 is 10.4. The number of hydrogen-bond acceptors (Lipinski definition) is 4. The van der Waals surface area contributed by atoms with Crippen molar-refractivity contribution in [3.05, 3.63) is 59.2 Å². The standard InChI is InChI=1S/C17H18N2O3/c1-12-4-6-13(7-5-12)17(20)19-18-11-14-8-9-15(21-2)10-16(14)22-3/h4-11H,1-3H3,(H,19,20). The van der Waals surface area contributed by atoms with E-state index in [4.69, 9.17) is 9.47 Å². The zero-order valence-corrected chi connectivity index (χ0v) is 12.8. The second-order valence-electron chi connectivity index (χ2n) is 4.67. The number of carbonyl (C=O) groups excluding carboxylic acids is 1. The molecular formula is C17H18N2O3. The molecule has 5 heteroatoms. The molecule has 114 valence electrons. The molecule has 5 nitrogen and oxygen atoms in total. The molecule has 0 aliphatic rings. The molecule has 0 unspecified atom stereocenters. The molecule has 0 heterocycles. The normalized spacial score (nSPS) is 10.5. The Bertz CT molecular complexity index is 679. The molecule has 0 radical (unpaired) electrons. The molecule has 0 saturated heterocycles. The molecule has 0 aromatic heterocycles. The zero-order chi connectivity index (χ0) is 15.9. The predicted octanol–water partition coefficient (Wildman–Crippen LogP) is 2.78. The highest BCUT2D eigenvalue weighted by Crippen LogP contribution is 2.22. The molecule has 0 saturated carbocycles. The van der Waals surface area contributed by atoms with E-state index in [0.717, 1.165) is 11.1 Å². The smallest absolute Gasteiger partial charge is 0.271 e. The summed E-state index contributed by atoms with van der Waals surface area (Å²) in [7, 11) is 3.15. The van der Waals surface area contributed by atoms with Gasteiger partial charge in [-0.25, -0.2) is 5.43 Å².